The van der Waals surface area contributed by atoms with Gasteiger partial charge in [-0.2, -0.15) is 0 Å². The van der Waals surface area contributed by atoms with E-state index in [1.807, 2.05) is 6.92 Å². The van der Waals surface area contributed by atoms with Crippen LogP contribution in [-0.2, 0) is 14.6 Å². The fourth-order valence-corrected chi connectivity index (χ4v) is 3.95. The van der Waals surface area contributed by atoms with Gasteiger partial charge in [-0.25, -0.2) is 8.42 Å². The Morgan fingerprint density at radius 2 is 2.20 bits per heavy atom. The minimum atomic E-state index is -2.77. The van der Waals surface area contributed by atoms with E-state index >= 15 is 0 Å². The first-order valence-corrected chi connectivity index (χ1v) is 5.21. The molecule has 2 saturated heterocycles. The number of hydrogen-bond acceptors (Lipinski definition) is 3. The van der Waals surface area contributed by atoms with Gasteiger partial charge < -0.3 is 4.74 Å². The van der Waals surface area contributed by atoms with Gasteiger partial charge in [-0.15, -0.1) is 0 Å². The lowest BCUT2D eigenvalue weighted by Gasteiger charge is -2.03. The zero-order valence-corrected chi connectivity index (χ0v) is 6.65. The van der Waals surface area contributed by atoms with E-state index in [2.05, 4.69) is 0 Å². The van der Waals surface area contributed by atoms with Gasteiger partial charge in [0.1, 0.15) is 5.60 Å². The van der Waals surface area contributed by atoms with Crippen LogP contribution in [0.2, 0.25) is 0 Å². The standard InChI is InChI=1S/C6H10O3S/c1-5-2-10(7,8)4-6(5)3-9-6/h5H,2-4H2,1H3. The summed E-state index contributed by atoms with van der Waals surface area (Å²) in [6.45, 7) is 2.59. The SMILES string of the molecule is CC1CS(=O)(=O)CC12CO2. The smallest absolute Gasteiger partial charge is 0.153 e. The van der Waals surface area contributed by atoms with E-state index in [1.165, 1.54) is 0 Å². The Morgan fingerprint density at radius 3 is 2.40 bits per heavy atom. The van der Waals surface area contributed by atoms with Crippen LogP contribution in [0.15, 0.2) is 0 Å². The summed E-state index contributed by atoms with van der Waals surface area (Å²) in [6, 6.07) is 0. The first kappa shape index (κ1) is 6.61. The number of hydrogen-bond donors (Lipinski definition) is 0. The van der Waals surface area contributed by atoms with Gasteiger partial charge in [0.15, 0.2) is 9.84 Å². The maximum Gasteiger partial charge on any atom is 0.153 e. The van der Waals surface area contributed by atoms with Crippen LogP contribution in [0.1, 0.15) is 6.92 Å². The van der Waals surface area contributed by atoms with Gasteiger partial charge in [0, 0.05) is 5.92 Å². The highest BCUT2D eigenvalue weighted by Crippen LogP contribution is 2.42. The molecule has 10 heavy (non-hydrogen) atoms. The van der Waals surface area contributed by atoms with Crippen LogP contribution in [0.3, 0.4) is 0 Å². The van der Waals surface area contributed by atoms with Gasteiger partial charge >= 0.3 is 0 Å². The molecule has 1 spiro atoms. The van der Waals surface area contributed by atoms with Crippen molar-refractivity contribution in [3.8, 4) is 0 Å². The Balaban J connectivity index is 2.31. The van der Waals surface area contributed by atoms with Crippen LogP contribution in [0.4, 0.5) is 0 Å². The van der Waals surface area contributed by atoms with Crippen molar-refractivity contribution in [1.29, 1.82) is 0 Å². The molecule has 2 aliphatic heterocycles. The van der Waals surface area contributed by atoms with Crippen LogP contribution in [0, 0.1) is 5.92 Å². The summed E-state index contributed by atoms with van der Waals surface area (Å²) in [5.74, 6) is 0.770. The molecule has 0 aliphatic carbocycles. The molecule has 2 rings (SSSR count). The van der Waals surface area contributed by atoms with Crippen molar-refractivity contribution in [2.45, 2.75) is 12.5 Å². The Bertz CT molecular complexity index is 250. The van der Waals surface area contributed by atoms with Gasteiger partial charge in [0.25, 0.3) is 0 Å². The molecule has 0 amide bonds. The molecule has 0 bridgehead atoms. The highest BCUT2D eigenvalue weighted by Gasteiger charge is 2.58. The quantitative estimate of drug-likeness (QED) is 0.464. The van der Waals surface area contributed by atoms with E-state index in [0.717, 1.165) is 0 Å². The largest absolute Gasteiger partial charge is 0.368 e. The topological polar surface area (TPSA) is 46.7 Å². The first-order chi connectivity index (χ1) is 4.54. The molecule has 2 heterocycles. The Kier molecular flexibility index (Phi) is 1.03. The zero-order valence-electron chi connectivity index (χ0n) is 5.83. The molecule has 2 fully saturated rings. The van der Waals surface area contributed by atoms with Gasteiger partial charge in [-0.05, 0) is 0 Å². The number of sulfone groups is 1. The average molecular weight is 162 g/mol. The average Bonchev–Trinajstić information content (AvgIpc) is 2.40. The lowest BCUT2D eigenvalue weighted by Crippen LogP contribution is -2.19. The van der Waals surface area contributed by atoms with Crippen LogP contribution >= 0.6 is 0 Å². The third-order valence-corrected chi connectivity index (χ3v) is 4.32. The van der Waals surface area contributed by atoms with Crippen molar-refractivity contribution in [1.82, 2.24) is 0 Å². The molecule has 0 saturated carbocycles. The highest BCUT2D eigenvalue weighted by molar-refractivity contribution is 7.91. The molecule has 3 nitrogen and oxygen atoms in total. The van der Waals surface area contributed by atoms with Crippen LogP contribution in [0.25, 0.3) is 0 Å². The second kappa shape index (κ2) is 1.56. The van der Waals surface area contributed by atoms with Crippen molar-refractivity contribution < 1.29 is 13.2 Å². The lowest BCUT2D eigenvalue weighted by atomic mass is 10.00. The van der Waals surface area contributed by atoms with Crippen molar-refractivity contribution >= 4 is 9.84 Å². The normalized spacial score (nSPS) is 49.9. The molecule has 4 heteroatoms. The summed E-state index contributed by atoms with van der Waals surface area (Å²) in [5, 5.41) is 0. The Hall–Kier alpha value is -0.0900. The van der Waals surface area contributed by atoms with Gasteiger partial charge in [0.05, 0.1) is 18.1 Å². The third-order valence-electron chi connectivity index (χ3n) is 2.38. The van der Waals surface area contributed by atoms with E-state index in [-0.39, 0.29) is 17.3 Å². The Labute approximate surface area is 60.3 Å². The number of epoxide rings is 1. The van der Waals surface area contributed by atoms with E-state index in [4.69, 9.17) is 4.74 Å². The predicted molar refractivity (Wildman–Crippen MR) is 36.5 cm³/mol. The zero-order chi connectivity index (χ0) is 7.41. The summed E-state index contributed by atoms with van der Waals surface area (Å²) < 4.78 is 27.2. The lowest BCUT2D eigenvalue weighted by molar-refractivity contribution is 0.277. The van der Waals surface area contributed by atoms with E-state index in [0.29, 0.717) is 12.4 Å². The second-order valence-corrected chi connectivity index (χ2v) is 5.42. The molecule has 2 atom stereocenters. The molecule has 0 aromatic heterocycles. The fraction of sp³-hybridized carbons (Fsp3) is 1.00. The molecule has 2 unspecified atom stereocenters. The molecule has 0 radical (unpaired) electrons. The van der Waals surface area contributed by atoms with Crippen molar-refractivity contribution in [2.75, 3.05) is 18.1 Å². The summed E-state index contributed by atoms with van der Waals surface area (Å²) in [5.41, 5.74) is -0.251. The van der Waals surface area contributed by atoms with Gasteiger partial charge in [-0.1, -0.05) is 6.92 Å². The summed E-state index contributed by atoms with van der Waals surface area (Å²) in [7, 11) is -2.77. The molecular weight excluding hydrogens is 152 g/mol. The molecule has 0 aromatic rings. The maximum absolute atomic E-state index is 11.0. The molecule has 58 valence electrons. The molecule has 2 aliphatic rings. The molecule has 0 N–H and O–H groups in total. The summed E-state index contributed by atoms with van der Waals surface area (Å²) >= 11 is 0. The Morgan fingerprint density at radius 1 is 1.60 bits per heavy atom. The maximum atomic E-state index is 11.0. The minimum Gasteiger partial charge on any atom is -0.368 e. The predicted octanol–water partition coefficient (Wildman–Crippen LogP) is -0.180. The van der Waals surface area contributed by atoms with Gasteiger partial charge in [-0.3, -0.25) is 0 Å². The van der Waals surface area contributed by atoms with E-state index in [9.17, 15) is 8.42 Å². The monoisotopic (exact) mass is 162 g/mol. The summed E-state index contributed by atoms with van der Waals surface area (Å²) in [6.07, 6.45) is 0. The minimum absolute atomic E-state index is 0.206. The van der Waals surface area contributed by atoms with Crippen molar-refractivity contribution in [3.05, 3.63) is 0 Å². The van der Waals surface area contributed by atoms with Crippen molar-refractivity contribution in [3.63, 3.8) is 0 Å². The van der Waals surface area contributed by atoms with Crippen molar-refractivity contribution in [2.24, 2.45) is 5.92 Å². The summed E-state index contributed by atoms with van der Waals surface area (Å²) in [4.78, 5) is 0. The van der Waals surface area contributed by atoms with E-state index in [1.54, 1.807) is 0 Å². The van der Waals surface area contributed by atoms with Crippen LogP contribution in [0.5, 0.6) is 0 Å². The molecule has 0 aromatic carbocycles. The van der Waals surface area contributed by atoms with Crippen LogP contribution < -0.4 is 0 Å². The first-order valence-electron chi connectivity index (χ1n) is 3.38. The van der Waals surface area contributed by atoms with Crippen LogP contribution in [-0.4, -0.2) is 32.1 Å². The number of rotatable bonds is 0. The number of ether oxygens (including phenoxy) is 1. The van der Waals surface area contributed by atoms with E-state index < -0.39 is 9.84 Å². The fourth-order valence-electron chi connectivity index (χ4n) is 1.57. The third kappa shape index (κ3) is 0.787. The highest BCUT2D eigenvalue weighted by atomic mass is 32.2. The van der Waals surface area contributed by atoms with Gasteiger partial charge in [0.2, 0.25) is 0 Å². The second-order valence-electron chi connectivity index (χ2n) is 3.31. The molecular formula is C6H10O3S.